The van der Waals surface area contributed by atoms with Crippen molar-refractivity contribution < 1.29 is 27.5 Å². The summed E-state index contributed by atoms with van der Waals surface area (Å²) in [5.74, 6) is 3.57. The largest absolute Gasteiger partial charge is 0.477 e. The Hall–Kier alpha value is -3.40. The van der Waals surface area contributed by atoms with Gasteiger partial charge in [0.15, 0.2) is 5.58 Å². The first-order chi connectivity index (χ1) is 16.3. The third kappa shape index (κ3) is 4.88. The number of rotatable bonds is 4. The van der Waals surface area contributed by atoms with Crippen LogP contribution in [0.3, 0.4) is 0 Å². The smallest absolute Gasteiger partial charge is 0.417 e. The van der Waals surface area contributed by atoms with Crippen molar-refractivity contribution in [2.75, 3.05) is 18.0 Å². The van der Waals surface area contributed by atoms with Crippen LogP contribution in [0, 0.1) is 17.3 Å². The van der Waals surface area contributed by atoms with Gasteiger partial charge in [-0.15, -0.1) is 11.3 Å². The third-order valence-electron chi connectivity index (χ3n) is 5.24. The monoisotopic (exact) mass is 517 g/mol. The summed E-state index contributed by atoms with van der Waals surface area (Å²) < 4.78 is 32.5. The van der Waals surface area contributed by atoms with Crippen molar-refractivity contribution in [3.05, 3.63) is 44.6 Å². The van der Waals surface area contributed by atoms with Gasteiger partial charge in [-0.25, -0.2) is 18.0 Å². The Morgan fingerprint density at radius 1 is 1.26 bits per heavy atom. The molecule has 184 valence electrons. The number of hydrogen-bond acceptors (Lipinski definition) is 7. The van der Waals surface area contributed by atoms with E-state index >= 15 is 0 Å². The minimum atomic E-state index is -4.08. The fraction of sp³-hybridized carbons (Fsp3) is 0.348. The molecule has 1 amide bonds. The molecule has 0 unspecified atom stereocenters. The number of carboxylic acids is 1. The van der Waals surface area contributed by atoms with Gasteiger partial charge in [-0.05, 0) is 52.0 Å². The first kappa shape index (κ1) is 24.7. The maximum atomic E-state index is 13.3. The van der Waals surface area contributed by atoms with Gasteiger partial charge in [0.05, 0.1) is 27.5 Å². The fourth-order valence-electron chi connectivity index (χ4n) is 3.73. The van der Waals surface area contributed by atoms with E-state index in [1.807, 2.05) is 20.8 Å². The second-order valence-electron chi connectivity index (χ2n) is 9.21. The zero-order valence-corrected chi connectivity index (χ0v) is 21.0. The van der Waals surface area contributed by atoms with Crippen LogP contribution in [0.2, 0.25) is 0 Å². The Morgan fingerprint density at radius 2 is 1.97 bits per heavy atom. The van der Waals surface area contributed by atoms with E-state index in [4.69, 9.17) is 4.42 Å². The molecule has 2 aromatic heterocycles. The van der Waals surface area contributed by atoms with Gasteiger partial charge in [0, 0.05) is 18.0 Å². The number of aromatic amines is 1. The number of piperazine rings is 1. The van der Waals surface area contributed by atoms with Gasteiger partial charge in [-0.2, -0.15) is 4.31 Å². The van der Waals surface area contributed by atoms with Crippen LogP contribution in [-0.4, -0.2) is 53.8 Å². The van der Waals surface area contributed by atoms with Crippen LogP contribution in [0.15, 0.2) is 38.4 Å². The molecule has 1 saturated heterocycles. The van der Waals surface area contributed by atoms with E-state index in [-0.39, 0.29) is 38.5 Å². The first-order valence-corrected chi connectivity index (χ1v) is 12.9. The number of nitrogens with one attached hydrogen (secondary N) is 1. The van der Waals surface area contributed by atoms with E-state index in [2.05, 4.69) is 16.8 Å². The summed E-state index contributed by atoms with van der Waals surface area (Å²) in [6.45, 7) is 6.93. The molecule has 0 bridgehead atoms. The summed E-state index contributed by atoms with van der Waals surface area (Å²) in [4.78, 5) is 40.5. The highest BCUT2D eigenvalue weighted by Gasteiger charge is 2.39. The zero-order chi connectivity index (χ0) is 25.7. The molecular formula is C23H23N3O7S2. The molecule has 12 heteroatoms. The Kier molecular flexibility index (Phi) is 6.12. The highest BCUT2D eigenvalue weighted by Crippen LogP contribution is 2.34. The van der Waals surface area contributed by atoms with Crippen molar-refractivity contribution in [2.45, 2.75) is 38.6 Å². The van der Waals surface area contributed by atoms with Crippen LogP contribution in [0.5, 0.6) is 0 Å². The molecule has 0 aliphatic carbocycles. The Bertz CT molecular complexity index is 1560. The van der Waals surface area contributed by atoms with Crippen molar-refractivity contribution in [3.8, 4) is 11.8 Å². The van der Waals surface area contributed by atoms with Gasteiger partial charge in [-0.3, -0.25) is 9.78 Å². The number of carboxylic acid groups (broad SMARTS) is 1. The molecule has 0 saturated carbocycles. The molecule has 1 aliphatic rings. The lowest BCUT2D eigenvalue weighted by molar-refractivity contribution is -0.120. The molecule has 3 aromatic rings. The van der Waals surface area contributed by atoms with E-state index in [1.54, 1.807) is 13.0 Å². The van der Waals surface area contributed by atoms with Gasteiger partial charge >= 0.3 is 11.7 Å². The van der Waals surface area contributed by atoms with Crippen LogP contribution in [0.25, 0.3) is 11.1 Å². The van der Waals surface area contributed by atoms with Gasteiger partial charge < -0.3 is 14.4 Å². The lowest BCUT2D eigenvalue weighted by Gasteiger charge is -2.38. The SMILES string of the molecule is C[C@@H]1CN(S(=O)(=O)c2ccc3oc(=O)[nH]c3c2)CC(=O)N1c1cc(C#CC(C)(C)C)sc1C(=O)O. The molecule has 1 atom stereocenters. The van der Waals surface area contributed by atoms with E-state index in [1.165, 1.54) is 23.1 Å². The van der Waals surface area contributed by atoms with Gasteiger partial charge in [0.2, 0.25) is 15.9 Å². The number of sulfonamides is 1. The van der Waals surface area contributed by atoms with Crippen molar-refractivity contribution in [1.82, 2.24) is 9.29 Å². The molecule has 35 heavy (non-hydrogen) atoms. The summed E-state index contributed by atoms with van der Waals surface area (Å²) in [5, 5.41) is 9.71. The standard InChI is InChI=1S/C23H23N3O7S2/c1-13-11-25(35(31,32)15-5-6-18-16(10-15)24-22(30)33-18)12-19(27)26(13)17-9-14(7-8-23(2,3)4)34-20(17)21(28)29/h5-6,9-10,13H,11-12H2,1-4H3,(H,24,30)(H,28,29)/t13-/m1/s1. The molecule has 3 heterocycles. The molecular weight excluding hydrogens is 494 g/mol. The Morgan fingerprint density at radius 3 is 2.60 bits per heavy atom. The van der Waals surface area contributed by atoms with Gasteiger partial charge in [0.25, 0.3) is 0 Å². The quantitative estimate of drug-likeness (QED) is 0.507. The second-order valence-corrected chi connectivity index (χ2v) is 12.2. The summed E-state index contributed by atoms with van der Waals surface area (Å²) in [6.07, 6.45) is 0. The number of aromatic carboxylic acids is 1. The second kappa shape index (κ2) is 8.67. The van der Waals surface area contributed by atoms with Crippen LogP contribution < -0.4 is 10.7 Å². The van der Waals surface area contributed by atoms with Gasteiger partial charge in [0.1, 0.15) is 4.88 Å². The first-order valence-electron chi connectivity index (χ1n) is 10.6. The van der Waals surface area contributed by atoms with E-state index in [0.29, 0.717) is 4.88 Å². The number of carbonyl (C=O) groups is 2. The number of aromatic nitrogens is 1. The number of nitrogens with zero attached hydrogens (tertiary/aromatic N) is 2. The summed E-state index contributed by atoms with van der Waals surface area (Å²) >= 11 is 0.976. The molecule has 2 N–H and O–H groups in total. The maximum Gasteiger partial charge on any atom is 0.417 e. The number of fused-ring (bicyclic) bond motifs is 1. The molecule has 1 aliphatic heterocycles. The van der Waals surface area contributed by atoms with Crippen LogP contribution in [0.4, 0.5) is 5.69 Å². The lowest BCUT2D eigenvalue weighted by atomic mass is 9.98. The molecule has 10 nitrogen and oxygen atoms in total. The van der Waals surface area contributed by atoms with E-state index < -0.39 is 40.2 Å². The van der Waals surface area contributed by atoms with Crippen LogP contribution in [-0.2, 0) is 14.8 Å². The number of anilines is 1. The topological polar surface area (TPSA) is 141 Å². The summed E-state index contributed by atoms with van der Waals surface area (Å²) in [7, 11) is -4.08. The average Bonchev–Trinajstić information content (AvgIpc) is 3.33. The zero-order valence-electron chi connectivity index (χ0n) is 19.4. The molecule has 0 radical (unpaired) electrons. The molecule has 4 rings (SSSR count). The number of thiophene rings is 1. The number of benzene rings is 1. The minimum absolute atomic E-state index is 0.0333. The third-order valence-corrected chi connectivity index (χ3v) is 8.08. The molecule has 1 fully saturated rings. The fourth-order valence-corrected chi connectivity index (χ4v) is 6.07. The van der Waals surface area contributed by atoms with E-state index in [9.17, 15) is 27.9 Å². The van der Waals surface area contributed by atoms with Crippen LogP contribution in [0.1, 0.15) is 42.2 Å². The molecule has 0 spiro atoms. The Balaban J connectivity index is 1.65. The van der Waals surface area contributed by atoms with Crippen molar-refractivity contribution in [2.24, 2.45) is 5.41 Å². The normalized spacial score (nSPS) is 17.4. The number of H-pyrrole nitrogens is 1. The van der Waals surface area contributed by atoms with Gasteiger partial charge in [-0.1, -0.05) is 11.8 Å². The van der Waals surface area contributed by atoms with Crippen LogP contribution >= 0.6 is 11.3 Å². The highest BCUT2D eigenvalue weighted by molar-refractivity contribution is 7.89. The van der Waals surface area contributed by atoms with E-state index in [0.717, 1.165) is 15.6 Å². The molecule has 1 aromatic carbocycles. The minimum Gasteiger partial charge on any atom is -0.477 e. The maximum absolute atomic E-state index is 13.3. The highest BCUT2D eigenvalue weighted by atomic mass is 32.2. The average molecular weight is 518 g/mol. The van der Waals surface area contributed by atoms with Crippen molar-refractivity contribution >= 4 is 50.0 Å². The lowest BCUT2D eigenvalue weighted by Crippen LogP contribution is -2.57. The number of oxazole rings is 1. The number of amides is 1. The Labute approximate surface area is 205 Å². The number of carbonyl (C=O) groups excluding carboxylic acids is 1. The van der Waals surface area contributed by atoms with Crippen molar-refractivity contribution in [3.63, 3.8) is 0 Å². The predicted octanol–water partition coefficient (Wildman–Crippen LogP) is 2.70. The predicted molar refractivity (Wildman–Crippen MR) is 130 cm³/mol. The summed E-state index contributed by atoms with van der Waals surface area (Å²) in [6, 6.07) is 4.87. The van der Waals surface area contributed by atoms with Crippen molar-refractivity contribution in [1.29, 1.82) is 0 Å². The summed E-state index contributed by atoms with van der Waals surface area (Å²) in [5.41, 5.74) is 0.352. The number of hydrogen-bond donors (Lipinski definition) is 2.